The van der Waals surface area contributed by atoms with Crippen molar-refractivity contribution in [1.82, 2.24) is 0 Å². The number of hydrogen-bond donors (Lipinski definition) is 1. The van der Waals surface area contributed by atoms with Gasteiger partial charge in [0.2, 0.25) is 0 Å². The first kappa shape index (κ1) is 13.2. The van der Waals surface area contributed by atoms with Crippen molar-refractivity contribution in [2.45, 2.75) is 6.92 Å². The molecule has 0 aromatic heterocycles. The predicted molar refractivity (Wildman–Crippen MR) is 59.9 cm³/mol. The normalized spacial score (nSPS) is 9.82. The van der Waals surface area contributed by atoms with E-state index in [1.54, 1.807) is 13.0 Å². The van der Waals surface area contributed by atoms with Gasteiger partial charge in [0.1, 0.15) is 6.61 Å². The summed E-state index contributed by atoms with van der Waals surface area (Å²) in [5.41, 5.74) is 1.38. The first-order chi connectivity index (χ1) is 8.10. The third-order valence-electron chi connectivity index (χ3n) is 2.19. The largest absolute Gasteiger partial charge is 0.465 e. The molecule has 0 atom stereocenters. The fourth-order valence-electron chi connectivity index (χ4n) is 1.35. The van der Waals surface area contributed by atoms with E-state index < -0.39 is 11.9 Å². The first-order valence-electron chi connectivity index (χ1n) is 5.07. The number of aliphatic hydroxyl groups excluding tert-OH is 1. The monoisotopic (exact) mass is 238 g/mol. The number of hydrogen-bond acceptors (Lipinski definition) is 5. The van der Waals surface area contributed by atoms with Gasteiger partial charge in [-0.3, -0.25) is 0 Å². The Morgan fingerprint density at radius 3 is 2.53 bits per heavy atom. The molecular formula is C12H14O5. The highest BCUT2D eigenvalue weighted by Crippen LogP contribution is 2.13. The molecule has 0 aliphatic rings. The van der Waals surface area contributed by atoms with Crippen LogP contribution in [0, 0.1) is 6.92 Å². The van der Waals surface area contributed by atoms with Crippen LogP contribution in [0.15, 0.2) is 18.2 Å². The molecule has 0 amide bonds. The number of methoxy groups -OCH3 is 1. The number of rotatable bonds is 4. The van der Waals surface area contributed by atoms with Crippen molar-refractivity contribution in [3.63, 3.8) is 0 Å². The lowest BCUT2D eigenvalue weighted by molar-refractivity contribution is 0.0432. The number of carbonyl (C=O) groups excluding carboxylic acids is 2. The molecule has 0 heterocycles. The van der Waals surface area contributed by atoms with Crippen LogP contribution in [0.25, 0.3) is 0 Å². The molecule has 0 aliphatic carbocycles. The Morgan fingerprint density at radius 1 is 1.29 bits per heavy atom. The van der Waals surface area contributed by atoms with Gasteiger partial charge in [-0.2, -0.15) is 0 Å². The average molecular weight is 238 g/mol. The van der Waals surface area contributed by atoms with Crippen LogP contribution in [0.5, 0.6) is 0 Å². The topological polar surface area (TPSA) is 72.8 Å². The van der Waals surface area contributed by atoms with Crippen LogP contribution in [0.2, 0.25) is 0 Å². The molecule has 5 heteroatoms. The predicted octanol–water partition coefficient (Wildman–Crippen LogP) is 0.931. The molecule has 0 radical (unpaired) electrons. The number of carbonyl (C=O) groups is 2. The van der Waals surface area contributed by atoms with Gasteiger partial charge in [-0.15, -0.1) is 0 Å². The highest BCUT2D eigenvalue weighted by atomic mass is 16.5. The van der Waals surface area contributed by atoms with E-state index in [9.17, 15) is 9.59 Å². The minimum atomic E-state index is -0.529. The molecule has 0 bridgehead atoms. The Morgan fingerprint density at radius 2 is 2.00 bits per heavy atom. The number of ether oxygens (including phenoxy) is 2. The lowest BCUT2D eigenvalue weighted by Gasteiger charge is -2.06. The summed E-state index contributed by atoms with van der Waals surface area (Å²) < 4.78 is 9.35. The van der Waals surface area contributed by atoms with E-state index in [1.165, 1.54) is 19.2 Å². The van der Waals surface area contributed by atoms with Crippen LogP contribution in [-0.4, -0.2) is 37.4 Å². The molecule has 92 valence electrons. The van der Waals surface area contributed by atoms with Gasteiger partial charge < -0.3 is 14.6 Å². The second kappa shape index (κ2) is 6.00. The molecule has 0 aliphatic heterocycles. The molecule has 0 spiro atoms. The van der Waals surface area contributed by atoms with Crippen molar-refractivity contribution in [3.8, 4) is 0 Å². The van der Waals surface area contributed by atoms with Crippen LogP contribution in [-0.2, 0) is 9.47 Å². The minimum absolute atomic E-state index is 0.0450. The summed E-state index contributed by atoms with van der Waals surface area (Å²) in [4.78, 5) is 22.8. The third kappa shape index (κ3) is 3.29. The van der Waals surface area contributed by atoms with Crippen LogP contribution >= 0.6 is 0 Å². The van der Waals surface area contributed by atoms with E-state index in [0.29, 0.717) is 16.7 Å². The summed E-state index contributed by atoms with van der Waals surface area (Å²) in [5, 5.41) is 8.53. The van der Waals surface area contributed by atoms with Crippen molar-refractivity contribution < 1.29 is 24.2 Å². The highest BCUT2D eigenvalue weighted by Gasteiger charge is 2.13. The van der Waals surface area contributed by atoms with Crippen molar-refractivity contribution in [2.24, 2.45) is 0 Å². The summed E-state index contributed by atoms with van der Waals surface area (Å²) in [5.74, 6) is -0.976. The Bertz CT molecular complexity index is 425. The molecule has 1 N–H and O–H groups in total. The maximum absolute atomic E-state index is 11.5. The lowest BCUT2D eigenvalue weighted by atomic mass is 10.1. The maximum atomic E-state index is 11.5. The molecule has 5 nitrogen and oxygen atoms in total. The highest BCUT2D eigenvalue weighted by molar-refractivity contribution is 5.94. The Kier molecular flexibility index (Phi) is 4.66. The molecule has 1 aromatic rings. The van der Waals surface area contributed by atoms with E-state index in [-0.39, 0.29) is 13.2 Å². The summed E-state index contributed by atoms with van der Waals surface area (Å²) in [6.45, 7) is 1.44. The van der Waals surface area contributed by atoms with E-state index in [4.69, 9.17) is 9.84 Å². The zero-order valence-corrected chi connectivity index (χ0v) is 9.73. The first-order valence-corrected chi connectivity index (χ1v) is 5.07. The molecule has 1 rings (SSSR count). The van der Waals surface area contributed by atoms with Gasteiger partial charge in [0, 0.05) is 0 Å². The SMILES string of the molecule is COC(=O)c1ccc(C(=O)OCCO)cc1C. The maximum Gasteiger partial charge on any atom is 0.338 e. The number of aliphatic hydroxyl groups is 1. The van der Waals surface area contributed by atoms with Crippen molar-refractivity contribution >= 4 is 11.9 Å². The standard InChI is InChI=1S/C12H14O5/c1-8-7-9(11(14)17-6-5-13)3-4-10(8)12(15)16-2/h3-4,7,13H,5-6H2,1-2H3. The van der Waals surface area contributed by atoms with Gasteiger partial charge >= 0.3 is 11.9 Å². The molecule has 0 saturated carbocycles. The fourth-order valence-corrected chi connectivity index (χ4v) is 1.35. The van der Waals surface area contributed by atoms with E-state index in [0.717, 1.165) is 0 Å². The molecule has 1 aromatic carbocycles. The van der Waals surface area contributed by atoms with Gasteiger partial charge in [-0.1, -0.05) is 0 Å². The molecular weight excluding hydrogens is 224 g/mol. The third-order valence-corrected chi connectivity index (χ3v) is 2.19. The van der Waals surface area contributed by atoms with E-state index >= 15 is 0 Å². The quantitative estimate of drug-likeness (QED) is 0.790. The average Bonchev–Trinajstić information content (AvgIpc) is 2.34. The van der Waals surface area contributed by atoms with Crippen molar-refractivity contribution in [2.75, 3.05) is 20.3 Å². The van der Waals surface area contributed by atoms with Gasteiger partial charge in [-0.25, -0.2) is 9.59 Å². The van der Waals surface area contributed by atoms with Gasteiger partial charge in [-0.05, 0) is 30.7 Å². The van der Waals surface area contributed by atoms with E-state index in [2.05, 4.69) is 4.74 Å². The van der Waals surface area contributed by atoms with Crippen molar-refractivity contribution in [3.05, 3.63) is 34.9 Å². The molecule has 17 heavy (non-hydrogen) atoms. The van der Waals surface area contributed by atoms with Crippen LogP contribution in [0.1, 0.15) is 26.3 Å². The number of aryl methyl sites for hydroxylation is 1. The molecule has 0 saturated heterocycles. The summed E-state index contributed by atoms with van der Waals surface area (Å²) in [7, 11) is 1.30. The van der Waals surface area contributed by atoms with Crippen LogP contribution in [0.4, 0.5) is 0 Å². The smallest absolute Gasteiger partial charge is 0.338 e. The van der Waals surface area contributed by atoms with E-state index in [1.807, 2.05) is 0 Å². The summed E-state index contributed by atoms with van der Waals surface area (Å²) >= 11 is 0. The Balaban J connectivity index is 2.88. The lowest BCUT2D eigenvalue weighted by Crippen LogP contribution is -2.10. The Labute approximate surface area is 99.0 Å². The number of esters is 2. The molecule has 0 fully saturated rings. The van der Waals surface area contributed by atoms with Gasteiger partial charge in [0.05, 0.1) is 24.8 Å². The second-order valence-corrected chi connectivity index (χ2v) is 3.38. The second-order valence-electron chi connectivity index (χ2n) is 3.38. The van der Waals surface area contributed by atoms with Crippen LogP contribution < -0.4 is 0 Å². The Hall–Kier alpha value is -1.88. The van der Waals surface area contributed by atoms with Gasteiger partial charge in [0.25, 0.3) is 0 Å². The molecule has 0 unspecified atom stereocenters. The summed E-state index contributed by atoms with van der Waals surface area (Å²) in [6.07, 6.45) is 0. The zero-order valence-electron chi connectivity index (χ0n) is 9.73. The number of benzene rings is 1. The summed E-state index contributed by atoms with van der Waals surface area (Å²) in [6, 6.07) is 4.54. The van der Waals surface area contributed by atoms with Gasteiger partial charge in [0.15, 0.2) is 0 Å². The van der Waals surface area contributed by atoms with Crippen molar-refractivity contribution in [1.29, 1.82) is 0 Å². The van der Waals surface area contributed by atoms with Crippen LogP contribution in [0.3, 0.4) is 0 Å². The zero-order chi connectivity index (χ0) is 12.8. The fraction of sp³-hybridized carbons (Fsp3) is 0.333. The minimum Gasteiger partial charge on any atom is -0.465 e.